The van der Waals surface area contributed by atoms with Crippen LogP contribution in [0.5, 0.6) is 0 Å². The average molecular weight is 154 g/mol. The number of esters is 1. The molecule has 1 rings (SSSR count). The van der Waals surface area contributed by atoms with Gasteiger partial charge in [-0.1, -0.05) is 0 Å². The molecule has 0 aromatic rings. The third kappa shape index (κ3) is 1.40. The summed E-state index contributed by atoms with van der Waals surface area (Å²) in [6.45, 7) is 0. The summed E-state index contributed by atoms with van der Waals surface area (Å²) in [7, 11) is 0. The molecule has 1 unspecified atom stereocenters. The summed E-state index contributed by atoms with van der Waals surface area (Å²) in [6, 6.07) is 0. The van der Waals surface area contributed by atoms with E-state index in [0.29, 0.717) is 0 Å². The quantitative estimate of drug-likeness (QED) is 0.491. The van der Waals surface area contributed by atoms with Crippen molar-refractivity contribution in [3.63, 3.8) is 0 Å². The Labute approximate surface area is 55.0 Å². The average Bonchev–Trinajstić information content (AvgIpc) is 2.11. The second kappa shape index (κ2) is 2.14. The first-order valence-corrected chi connectivity index (χ1v) is 2.76. The van der Waals surface area contributed by atoms with Gasteiger partial charge in [0.1, 0.15) is 0 Å². The Bertz CT molecular complexity index is 151. The van der Waals surface area contributed by atoms with Gasteiger partial charge in [0.2, 0.25) is 0 Å². The lowest BCUT2D eigenvalue weighted by molar-refractivity contribution is -0.209. The van der Waals surface area contributed by atoms with Crippen LogP contribution >= 0.6 is 0 Å². The molecular formula is C5H5F3O2. The maximum absolute atomic E-state index is 11.7. The van der Waals surface area contributed by atoms with Crippen LogP contribution in [0.15, 0.2) is 0 Å². The molecule has 10 heavy (non-hydrogen) atoms. The van der Waals surface area contributed by atoms with Gasteiger partial charge in [-0.25, -0.2) is 0 Å². The number of cyclic esters (lactones) is 1. The zero-order valence-electron chi connectivity index (χ0n) is 4.94. The standard InChI is InChI=1S/C5H5F3O2/c6-5(7,8)3-1-2-4(9)10-3/h3H,1-2H2. The van der Waals surface area contributed by atoms with E-state index < -0.39 is 18.2 Å². The smallest absolute Gasteiger partial charge is 0.425 e. The molecular weight excluding hydrogens is 149 g/mol. The molecule has 0 amide bonds. The zero-order chi connectivity index (χ0) is 7.78. The molecule has 0 saturated carbocycles. The lowest BCUT2D eigenvalue weighted by atomic mass is 10.2. The fourth-order valence-electron chi connectivity index (χ4n) is 0.756. The molecule has 0 bridgehead atoms. The van der Waals surface area contributed by atoms with E-state index >= 15 is 0 Å². The minimum atomic E-state index is -4.38. The first-order chi connectivity index (χ1) is 4.50. The molecule has 1 atom stereocenters. The van der Waals surface area contributed by atoms with Gasteiger partial charge in [0.15, 0.2) is 6.10 Å². The number of carbonyl (C=O) groups excluding carboxylic acids is 1. The normalized spacial score (nSPS) is 26.7. The Morgan fingerprint density at radius 1 is 1.50 bits per heavy atom. The zero-order valence-corrected chi connectivity index (χ0v) is 4.94. The van der Waals surface area contributed by atoms with E-state index in [-0.39, 0.29) is 12.8 Å². The van der Waals surface area contributed by atoms with Gasteiger partial charge < -0.3 is 4.74 Å². The number of hydrogen-bond acceptors (Lipinski definition) is 2. The summed E-state index contributed by atoms with van der Waals surface area (Å²) < 4.78 is 38.9. The maximum Gasteiger partial charge on any atom is 0.425 e. The maximum atomic E-state index is 11.7. The van der Waals surface area contributed by atoms with Crippen molar-refractivity contribution < 1.29 is 22.7 Å². The summed E-state index contributed by atoms with van der Waals surface area (Å²) >= 11 is 0. The van der Waals surface area contributed by atoms with Crippen molar-refractivity contribution in [3.05, 3.63) is 0 Å². The summed E-state index contributed by atoms with van der Waals surface area (Å²) in [6.07, 6.45) is -6.60. The number of ether oxygens (including phenoxy) is 1. The molecule has 0 N–H and O–H groups in total. The molecule has 58 valence electrons. The van der Waals surface area contributed by atoms with Gasteiger partial charge >= 0.3 is 12.1 Å². The van der Waals surface area contributed by atoms with Crippen LogP contribution in [0.3, 0.4) is 0 Å². The first kappa shape index (κ1) is 7.37. The second-order valence-corrected chi connectivity index (χ2v) is 2.06. The Morgan fingerprint density at radius 2 is 2.10 bits per heavy atom. The Balaban J connectivity index is 2.53. The van der Waals surface area contributed by atoms with Gasteiger partial charge in [-0.15, -0.1) is 0 Å². The minimum Gasteiger partial charge on any atom is -0.453 e. The molecule has 5 heteroatoms. The summed E-state index contributed by atoms with van der Waals surface area (Å²) in [4.78, 5) is 10.2. The summed E-state index contributed by atoms with van der Waals surface area (Å²) in [5, 5.41) is 0. The van der Waals surface area contributed by atoms with E-state index in [0.717, 1.165) is 0 Å². The van der Waals surface area contributed by atoms with E-state index in [2.05, 4.69) is 4.74 Å². The van der Waals surface area contributed by atoms with Gasteiger partial charge in [0, 0.05) is 12.8 Å². The van der Waals surface area contributed by atoms with Crippen molar-refractivity contribution in [1.29, 1.82) is 0 Å². The molecule has 0 spiro atoms. The van der Waals surface area contributed by atoms with E-state index in [9.17, 15) is 18.0 Å². The third-order valence-electron chi connectivity index (χ3n) is 1.25. The number of rotatable bonds is 0. The highest BCUT2D eigenvalue weighted by Gasteiger charge is 2.45. The van der Waals surface area contributed by atoms with Gasteiger partial charge in [-0.05, 0) is 0 Å². The van der Waals surface area contributed by atoms with Crippen LogP contribution in [-0.4, -0.2) is 18.2 Å². The molecule has 0 aliphatic carbocycles. The van der Waals surface area contributed by atoms with Crippen molar-refractivity contribution in [2.75, 3.05) is 0 Å². The topological polar surface area (TPSA) is 26.3 Å². The summed E-state index contributed by atoms with van der Waals surface area (Å²) in [5.41, 5.74) is 0. The Kier molecular flexibility index (Phi) is 1.58. The highest BCUT2D eigenvalue weighted by molar-refractivity contribution is 5.71. The van der Waals surface area contributed by atoms with Crippen LogP contribution < -0.4 is 0 Å². The molecule has 1 aliphatic heterocycles. The number of halogens is 3. The van der Waals surface area contributed by atoms with Crippen LogP contribution in [0.1, 0.15) is 12.8 Å². The van der Waals surface area contributed by atoms with E-state index in [1.165, 1.54) is 0 Å². The molecule has 0 aromatic carbocycles. The number of carbonyl (C=O) groups is 1. The SMILES string of the molecule is O=C1CCC(C(F)(F)F)O1. The van der Waals surface area contributed by atoms with Gasteiger partial charge in [0.25, 0.3) is 0 Å². The first-order valence-electron chi connectivity index (χ1n) is 2.76. The highest BCUT2D eigenvalue weighted by atomic mass is 19.4. The third-order valence-corrected chi connectivity index (χ3v) is 1.25. The van der Waals surface area contributed by atoms with Gasteiger partial charge in [-0.2, -0.15) is 13.2 Å². The van der Waals surface area contributed by atoms with Crippen molar-refractivity contribution in [2.45, 2.75) is 25.1 Å². The van der Waals surface area contributed by atoms with Crippen molar-refractivity contribution >= 4 is 5.97 Å². The van der Waals surface area contributed by atoms with E-state index in [1.807, 2.05) is 0 Å². The Hall–Kier alpha value is -0.740. The van der Waals surface area contributed by atoms with Crippen molar-refractivity contribution in [3.8, 4) is 0 Å². The van der Waals surface area contributed by atoms with Crippen LogP contribution in [0.4, 0.5) is 13.2 Å². The highest BCUT2D eigenvalue weighted by Crippen LogP contribution is 2.30. The van der Waals surface area contributed by atoms with Gasteiger partial charge in [0.05, 0.1) is 0 Å². The van der Waals surface area contributed by atoms with E-state index in [1.54, 1.807) is 0 Å². The van der Waals surface area contributed by atoms with Crippen molar-refractivity contribution in [2.24, 2.45) is 0 Å². The molecule has 1 fully saturated rings. The molecule has 1 heterocycles. The fourth-order valence-corrected chi connectivity index (χ4v) is 0.756. The lowest BCUT2D eigenvalue weighted by Crippen LogP contribution is -2.27. The van der Waals surface area contributed by atoms with Crippen LogP contribution in [0.25, 0.3) is 0 Å². The largest absolute Gasteiger partial charge is 0.453 e. The number of hydrogen-bond donors (Lipinski definition) is 0. The van der Waals surface area contributed by atoms with Crippen LogP contribution in [0, 0.1) is 0 Å². The molecule has 0 radical (unpaired) electrons. The van der Waals surface area contributed by atoms with Crippen LogP contribution in [0.2, 0.25) is 0 Å². The van der Waals surface area contributed by atoms with Gasteiger partial charge in [-0.3, -0.25) is 4.79 Å². The predicted octanol–water partition coefficient (Wildman–Crippen LogP) is 1.25. The molecule has 1 saturated heterocycles. The second-order valence-electron chi connectivity index (χ2n) is 2.06. The van der Waals surface area contributed by atoms with E-state index in [4.69, 9.17) is 0 Å². The Morgan fingerprint density at radius 3 is 2.30 bits per heavy atom. The molecule has 0 aromatic heterocycles. The fraction of sp³-hybridized carbons (Fsp3) is 0.800. The van der Waals surface area contributed by atoms with Crippen LogP contribution in [-0.2, 0) is 9.53 Å². The lowest BCUT2D eigenvalue weighted by Gasteiger charge is -2.11. The van der Waals surface area contributed by atoms with Crippen molar-refractivity contribution in [1.82, 2.24) is 0 Å². The predicted molar refractivity (Wildman–Crippen MR) is 25.2 cm³/mol. The minimum absolute atomic E-state index is 0.121. The number of alkyl halides is 3. The molecule has 1 aliphatic rings. The summed E-state index contributed by atoms with van der Waals surface area (Å²) in [5.74, 6) is -0.762. The monoisotopic (exact) mass is 154 g/mol. The molecule has 2 nitrogen and oxygen atoms in total.